The van der Waals surface area contributed by atoms with E-state index in [1.54, 1.807) is 6.33 Å². The van der Waals surface area contributed by atoms with Crippen LogP contribution in [0.2, 0.25) is 0 Å². The molecule has 2 aliphatic heterocycles. The van der Waals surface area contributed by atoms with E-state index < -0.39 is 0 Å². The van der Waals surface area contributed by atoms with E-state index in [1.807, 2.05) is 17.5 Å². The summed E-state index contributed by atoms with van der Waals surface area (Å²) in [6, 6.07) is 8.75. The molecule has 2 atom stereocenters. The van der Waals surface area contributed by atoms with Crippen molar-refractivity contribution in [1.82, 2.24) is 29.8 Å². The van der Waals surface area contributed by atoms with Crippen molar-refractivity contribution in [2.24, 2.45) is 0 Å². The van der Waals surface area contributed by atoms with Crippen LogP contribution in [0.25, 0.3) is 5.78 Å². The molecule has 1 fully saturated rings. The monoisotopic (exact) mass is 366 g/mol. The molecule has 4 heterocycles. The van der Waals surface area contributed by atoms with Crippen molar-refractivity contribution in [3.05, 3.63) is 47.5 Å². The van der Waals surface area contributed by atoms with Crippen molar-refractivity contribution in [2.75, 3.05) is 26.4 Å². The molecule has 5 rings (SSSR count). The van der Waals surface area contributed by atoms with Gasteiger partial charge in [-0.05, 0) is 37.6 Å². The number of rotatable bonds is 3. The topological polar surface area (TPSA) is 76.8 Å². The van der Waals surface area contributed by atoms with Gasteiger partial charge in [0.05, 0.1) is 11.7 Å². The number of piperazine rings is 1. The lowest BCUT2D eigenvalue weighted by molar-refractivity contribution is 0.150. The van der Waals surface area contributed by atoms with E-state index in [0.717, 1.165) is 42.5 Å². The molecule has 0 saturated carbocycles. The molecule has 0 amide bonds. The summed E-state index contributed by atoms with van der Waals surface area (Å²) in [6.45, 7) is 7.32. The molecule has 2 aromatic heterocycles. The number of hydrogen-bond donors (Lipinski definition) is 1. The normalized spacial score (nSPS) is 20.9. The number of aryl methyl sites for hydroxylation is 1. The quantitative estimate of drug-likeness (QED) is 0.758. The third-order valence-electron chi connectivity index (χ3n) is 5.40. The summed E-state index contributed by atoms with van der Waals surface area (Å²) in [4.78, 5) is 11.2. The van der Waals surface area contributed by atoms with Gasteiger partial charge in [0.1, 0.15) is 6.33 Å². The number of fused-ring (bicyclic) bond motifs is 2. The first-order valence-corrected chi connectivity index (χ1v) is 9.23. The van der Waals surface area contributed by atoms with Crippen LogP contribution >= 0.6 is 0 Å². The lowest BCUT2D eigenvalue weighted by Crippen LogP contribution is -2.47. The Kier molecular flexibility index (Phi) is 3.95. The highest BCUT2D eigenvalue weighted by Crippen LogP contribution is 2.36. The average molecular weight is 366 g/mol. The van der Waals surface area contributed by atoms with E-state index in [2.05, 4.69) is 50.4 Å². The van der Waals surface area contributed by atoms with Crippen LogP contribution in [-0.4, -0.2) is 50.9 Å². The van der Waals surface area contributed by atoms with Gasteiger partial charge in [0, 0.05) is 31.4 Å². The van der Waals surface area contributed by atoms with Crippen molar-refractivity contribution in [3.63, 3.8) is 0 Å². The molecule has 1 N–H and O–H groups in total. The van der Waals surface area contributed by atoms with E-state index in [-0.39, 0.29) is 12.1 Å². The molecule has 8 nitrogen and oxygen atoms in total. The summed E-state index contributed by atoms with van der Waals surface area (Å²) in [5.74, 6) is 2.30. The average Bonchev–Trinajstić information content (AvgIpc) is 3.35. The summed E-state index contributed by atoms with van der Waals surface area (Å²) in [5, 5.41) is 7.98. The largest absolute Gasteiger partial charge is 0.454 e. The van der Waals surface area contributed by atoms with Crippen LogP contribution < -0.4 is 14.8 Å². The molecule has 0 bridgehead atoms. The summed E-state index contributed by atoms with van der Waals surface area (Å²) in [7, 11) is 0. The Bertz CT molecular complexity index is 987. The zero-order valence-electron chi connectivity index (χ0n) is 15.4. The van der Waals surface area contributed by atoms with Crippen LogP contribution in [0.1, 0.15) is 36.0 Å². The predicted molar refractivity (Wildman–Crippen MR) is 98.8 cm³/mol. The van der Waals surface area contributed by atoms with Crippen molar-refractivity contribution < 1.29 is 9.47 Å². The number of nitrogens with zero attached hydrogens (tertiary/aromatic N) is 5. The number of nitrogens with one attached hydrogen (secondary N) is 1. The lowest BCUT2D eigenvalue weighted by atomic mass is 10.0. The zero-order valence-corrected chi connectivity index (χ0v) is 15.4. The van der Waals surface area contributed by atoms with Gasteiger partial charge >= 0.3 is 0 Å². The standard InChI is InChI=1S/C19H22N6O2/c1-12-7-16(25-19(23-12)21-10-22-25)15-9-24(6-5-20-15)13(2)14-3-4-17-18(8-14)27-11-26-17/h3-4,7-8,10,13,15,20H,5-6,9,11H2,1-2H3/t13-,15-/m1/s1. The molecule has 3 aromatic rings. The van der Waals surface area contributed by atoms with Gasteiger partial charge in [-0.3, -0.25) is 4.90 Å². The number of ether oxygens (including phenoxy) is 2. The van der Waals surface area contributed by atoms with Crippen LogP contribution in [0, 0.1) is 6.92 Å². The second kappa shape index (κ2) is 6.47. The Morgan fingerprint density at radius 3 is 3.04 bits per heavy atom. The molecule has 1 aromatic carbocycles. The van der Waals surface area contributed by atoms with Gasteiger partial charge in [0.25, 0.3) is 5.78 Å². The minimum Gasteiger partial charge on any atom is -0.454 e. The van der Waals surface area contributed by atoms with Gasteiger partial charge in [-0.25, -0.2) is 4.98 Å². The Morgan fingerprint density at radius 1 is 1.22 bits per heavy atom. The Balaban J connectivity index is 1.41. The van der Waals surface area contributed by atoms with Gasteiger partial charge < -0.3 is 14.8 Å². The fourth-order valence-corrected chi connectivity index (χ4v) is 3.91. The van der Waals surface area contributed by atoms with Gasteiger partial charge in [-0.1, -0.05) is 6.07 Å². The maximum absolute atomic E-state index is 5.54. The fraction of sp³-hybridized carbons (Fsp3) is 0.421. The number of hydrogen-bond acceptors (Lipinski definition) is 7. The molecule has 0 unspecified atom stereocenters. The molecule has 8 heteroatoms. The summed E-state index contributed by atoms with van der Waals surface area (Å²) < 4.78 is 12.8. The first-order chi connectivity index (χ1) is 13.2. The SMILES string of the molecule is Cc1cc([C@H]2CN([C@H](C)c3ccc4c(c3)OCO4)CCN2)n2ncnc2n1. The van der Waals surface area contributed by atoms with Gasteiger partial charge in [0.15, 0.2) is 11.5 Å². The molecule has 27 heavy (non-hydrogen) atoms. The number of benzene rings is 1. The molecule has 1 saturated heterocycles. The second-order valence-corrected chi connectivity index (χ2v) is 7.08. The van der Waals surface area contributed by atoms with Crippen LogP contribution in [0.3, 0.4) is 0 Å². The van der Waals surface area contributed by atoms with Crippen molar-refractivity contribution in [2.45, 2.75) is 25.9 Å². The molecule has 0 spiro atoms. The minimum atomic E-state index is 0.168. The smallest absolute Gasteiger partial charge is 0.252 e. The van der Waals surface area contributed by atoms with Crippen LogP contribution in [-0.2, 0) is 0 Å². The van der Waals surface area contributed by atoms with Gasteiger partial charge in [-0.2, -0.15) is 14.6 Å². The highest BCUT2D eigenvalue weighted by molar-refractivity contribution is 5.45. The minimum absolute atomic E-state index is 0.168. The molecular weight excluding hydrogens is 344 g/mol. The maximum Gasteiger partial charge on any atom is 0.252 e. The first-order valence-electron chi connectivity index (χ1n) is 9.23. The van der Waals surface area contributed by atoms with E-state index in [9.17, 15) is 0 Å². The third-order valence-corrected chi connectivity index (χ3v) is 5.40. The fourth-order valence-electron chi connectivity index (χ4n) is 3.91. The maximum atomic E-state index is 5.54. The van der Waals surface area contributed by atoms with E-state index >= 15 is 0 Å². The van der Waals surface area contributed by atoms with E-state index in [4.69, 9.17) is 9.47 Å². The highest BCUT2D eigenvalue weighted by atomic mass is 16.7. The van der Waals surface area contributed by atoms with Crippen LogP contribution in [0.5, 0.6) is 11.5 Å². The number of aromatic nitrogens is 4. The first kappa shape index (κ1) is 16.5. The highest BCUT2D eigenvalue weighted by Gasteiger charge is 2.28. The molecular formula is C19H22N6O2. The second-order valence-electron chi connectivity index (χ2n) is 7.08. The van der Waals surface area contributed by atoms with E-state index in [0.29, 0.717) is 12.6 Å². The third kappa shape index (κ3) is 2.90. The van der Waals surface area contributed by atoms with Crippen LogP contribution in [0.4, 0.5) is 0 Å². The van der Waals surface area contributed by atoms with Gasteiger partial charge in [-0.15, -0.1) is 0 Å². The Hall–Kier alpha value is -2.71. The van der Waals surface area contributed by atoms with Crippen molar-refractivity contribution >= 4 is 5.78 Å². The molecule has 0 radical (unpaired) electrons. The summed E-state index contributed by atoms with van der Waals surface area (Å²) in [5.41, 5.74) is 3.28. The lowest BCUT2D eigenvalue weighted by Gasteiger charge is -2.37. The zero-order chi connectivity index (χ0) is 18.4. The van der Waals surface area contributed by atoms with Crippen molar-refractivity contribution in [1.29, 1.82) is 0 Å². The van der Waals surface area contributed by atoms with Crippen molar-refractivity contribution in [3.8, 4) is 11.5 Å². The van der Waals surface area contributed by atoms with E-state index in [1.165, 1.54) is 5.56 Å². The predicted octanol–water partition coefficient (Wildman–Crippen LogP) is 1.87. The Labute approximate surface area is 157 Å². The summed E-state index contributed by atoms with van der Waals surface area (Å²) >= 11 is 0. The molecule has 140 valence electrons. The molecule has 0 aliphatic carbocycles. The Morgan fingerprint density at radius 2 is 2.11 bits per heavy atom. The summed E-state index contributed by atoms with van der Waals surface area (Å²) in [6.07, 6.45) is 1.56. The van der Waals surface area contributed by atoms with Crippen LogP contribution in [0.15, 0.2) is 30.6 Å². The molecule has 2 aliphatic rings. The van der Waals surface area contributed by atoms with Gasteiger partial charge in [0.2, 0.25) is 6.79 Å².